The molecule has 2 rings (SSSR count). The van der Waals surface area contributed by atoms with Gasteiger partial charge in [0.05, 0.1) is 5.25 Å². The number of rotatable bonds is 4. The van der Waals surface area contributed by atoms with Crippen LogP contribution in [0.2, 0.25) is 0 Å². The van der Waals surface area contributed by atoms with Gasteiger partial charge in [-0.2, -0.15) is 0 Å². The van der Waals surface area contributed by atoms with Crippen LogP contribution in [0.15, 0.2) is 23.1 Å². The first-order chi connectivity index (χ1) is 9.45. The van der Waals surface area contributed by atoms with Crippen LogP contribution in [-0.4, -0.2) is 23.2 Å². The molecule has 2 N–H and O–H groups in total. The summed E-state index contributed by atoms with van der Waals surface area (Å²) in [5.74, 6) is -0.256. The Morgan fingerprint density at radius 3 is 2.60 bits per heavy atom. The van der Waals surface area contributed by atoms with E-state index < -0.39 is 0 Å². The third-order valence-corrected chi connectivity index (χ3v) is 4.43. The summed E-state index contributed by atoms with van der Waals surface area (Å²) in [4.78, 5) is 24.5. The van der Waals surface area contributed by atoms with Crippen LogP contribution in [-0.2, 0) is 4.79 Å². The third-order valence-electron chi connectivity index (χ3n) is 3.15. The molecule has 0 spiro atoms. The molecule has 0 aliphatic heterocycles. The van der Waals surface area contributed by atoms with Crippen molar-refractivity contribution in [2.24, 2.45) is 0 Å². The van der Waals surface area contributed by atoms with E-state index in [1.54, 1.807) is 0 Å². The maximum absolute atomic E-state index is 11.9. The number of imide groups is 1. The van der Waals surface area contributed by atoms with E-state index in [1.807, 2.05) is 32.9 Å². The molecular weight excluding hydrogens is 272 g/mol. The van der Waals surface area contributed by atoms with Crippen LogP contribution in [0.25, 0.3) is 0 Å². The van der Waals surface area contributed by atoms with Gasteiger partial charge in [-0.3, -0.25) is 10.1 Å². The van der Waals surface area contributed by atoms with Gasteiger partial charge in [0, 0.05) is 10.9 Å². The van der Waals surface area contributed by atoms with E-state index in [-0.39, 0.29) is 23.2 Å². The standard InChI is InChI=1S/C15H20N2O2S/c1-9-4-7-13(10(2)8-9)20-11(3)14(18)17-15(19)16-12-5-6-12/h4,7-8,11-12H,5-6H2,1-3H3,(H2,16,17,18,19). The molecule has 3 amide bonds. The lowest BCUT2D eigenvalue weighted by Crippen LogP contribution is -2.43. The topological polar surface area (TPSA) is 58.2 Å². The SMILES string of the molecule is Cc1ccc(SC(C)C(=O)NC(=O)NC2CC2)c(C)c1. The van der Waals surface area contributed by atoms with Crippen LogP contribution in [0.1, 0.15) is 30.9 Å². The maximum atomic E-state index is 11.9. The summed E-state index contributed by atoms with van der Waals surface area (Å²) in [6.45, 7) is 5.88. The van der Waals surface area contributed by atoms with Crippen LogP contribution < -0.4 is 10.6 Å². The van der Waals surface area contributed by atoms with Gasteiger partial charge in [0.1, 0.15) is 0 Å². The van der Waals surface area contributed by atoms with Crippen molar-refractivity contribution in [3.8, 4) is 0 Å². The molecule has 108 valence electrons. The Labute approximate surface area is 123 Å². The number of hydrogen-bond donors (Lipinski definition) is 2. The fraction of sp³-hybridized carbons (Fsp3) is 0.467. The molecule has 1 fully saturated rings. The van der Waals surface area contributed by atoms with E-state index in [0.29, 0.717) is 0 Å². The Hall–Kier alpha value is -1.49. The van der Waals surface area contributed by atoms with E-state index in [9.17, 15) is 9.59 Å². The van der Waals surface area contributed by atoms with Gasteiger partial charge >= 0.3 is 6.03 Å². The van der Waals surface area contributed by atoms with Gasteiger partial charge in [0.15, 0.2) is 0 Å². The van der Waals surface area contributed by atoms with E-state index in [2.05, 4.69) is 16.7 Å². The summed E-state index contributed by atoms with van der Waals surface area (Å²) in [6, 6.07) is 6.01. The lowest BCUT2D eigenvalue weighted by molar-refractivity contribution is -0.119. The first-order valence-corrected chi connectivity index (χ1v) is 7.69. The van der Waals surface area contributed by atoms with Crippen LogP contribution in [0.3, 0.4) is 0 Å². The minimum absolute atomic E-state index is 0.255. The van der Waals surface area contributed by atoms with Crippen LogP contribution in [0.5, 0.6) is 0 Å². The van der Waals surface area contributed by atoms with Crippen molar-refractivity contribution in [1.29, 1.82) is 0 Å². The summed E-state index contributed by atoms with van der Waals surface area (Å²) in [6.07, 6.45) is 2.02. The first-order valence-electron chi connectivity index (χ1n) is 6.81. The number of aryl methyl sites for hydroxylation is 2. The van der Waals surface area contributed by atoms with Gasteiger partial charge < -0.3 is 5.32 Å². The number of thioether (sulfide) groups is 1. The Kier molecular flexibility index (Phi) is 4.70. The number of urea groups is 1. The average Bonchev–Trinajstić information content (AvgIpc) is 3.16. The number of amides is 3. The zero-order valence-corrected chi connectivity index (χ0v) is 12.8. The van der Waals surface area contributed by atoms with E-state index in [4.69, 9.17) is 0 Å². The lowest BCUT2D eigenvalue weighted by Gasteiger charge is -2.13. The van der Waals surface area contributed by atoms with Crippen molar-refractivity contribution in [3.63, 3.8) is 0 Å². The molecule has 5 heteroatoms. The van der Waals surface area contributed by atoms with Crippen molar-refractivity contribution in [3.05, 3.63) is 29.3 Å². The predicted molar refractivity (Wildman–Crippen MR) is 80.9 cm³/mol. The van der Waals surface area contributed by atoms with Crippen molar-refractivity contribution in [2.75, 3.05) is 0 Å². The number of hydrogen-bond acceptors (Lipinski definition) is 3. The monoisotopic (exact) mass is 292 g/mol. The van der Waals surface area contributed by atoms with Gasteiger partial charge in [0.25, 0.3) is 0 Å². The second-order valence-corrected chi connectivity index (χ2v) is 6.65. The van der Waals surface area contributed by atoms with Gasteiger partial charge in [-0.15, -0.1) is 11.8 Å². The van der Waals surface area contributed by atoms with Gasteiger partial charge in [-0.05, 0) is 45.2 Å². The quantitative estimate of drug-likeness (QED) is 0.839. The highest BCUT2D eigenvalue weighted by Crippen LogP contribution is 2.27. The van der Waals surface area contributed by atoms with Crippen molar-refractivity contribution < 1.29 is 9.59 Å². The number of carbonyl (C=O) groups excluding carboxylic acids is 2. The molecule has 0 radical (unpaired) electrons. The summed E-state index contributed by atoms with van der Waals surface area (Å²) in [5.41, 5.74) is 2.35. The second kappa shape index (κ2) is 6.31. The first kappa shape index (κ1) is 14.9. The summed E-state index contributed by atoms with van der Waals surface area (Å²) in [7, 11) is 0. The molecule has 1 aliphatic carbocycles. The van der Waals surface area contributed by atoms with Gasteiger partial charge in [0.2, 0.25) is 5.91 Å². The molecule has 1 aliphatic rings. The Balaban J connectivity index is 1.87. The molecule has 0 aromatic heterocycles. The molecule has 1 aromatic carbocycles. The highest BCUT2D eigenvalue weighted by Gasteiger charge is 2.25. The van der Waals surface area contributed by atoms with Crippen LogP contribution >= 0.6 is 11.8 Å². The Morgan fingerprint density at radius 2 is 2.00 bits per heavy atom. The Morgan fingerprint density at radius 1 is 1.30 bits per heavy atom. The normalized spacial score (nSPS) is 15.6. The minimum atomic E-state index is -0.384. The molecule has 0 bridgehead atoms. The minimum Gasteiger partial charge on any atom is -0.335 e. The highest BCUT2D eigenvalue weighted by atomic mass is 32.2. The van der Waals surface area contributed by atoms with Gasteiger partial charge in [-0.25, -0.2) is 4.79 Å². The van der Waals surface area contributed by atoms with Gasteiger partial charge in [-0.1, -0.05) is 17.7 Å². The fourth-order valence-electron chi connectivity index (χ4n) is 1.84. The molecule has 1 unspecified atom stereocenters. The largest absolute Gasteiger partial charge is 0.335 e. The summed E-state index contributed by atoms with van der Waals surface area (Å²) < 4.78 is 0. The summed E-state index contributed by atoms with van der Waals surface area (Å²) in [5, 5.41) is 4.83. The van der Waals surface area contributed by atoms with E-state index in [0.717, 1.165) is 23.3 Å². The number of nitrogens with one attached hydrogen (secondary N) is 2. The molecule has 0 saturated heterocycles. The van der Waals surface area contributed by atoms with Crippen molar-refractivity contribution in [1.82, 2.24) is 10.6 Å². The summed E-state index contributed by atoms with van der Waals surface area (Å²) >= 11 is 1.47. The third kappa shape index (κ3) is 4.27. The zero-order chi connectivity index (χ0) is 14.7. The molecule has 20 heavy (non-hydrogen) atoms. The van der Waals surface area contributed by atoms with Crippen LogP contribution in [0.4, 0.5) is 4.79 Å². The number of carbonyl (C=O) groups is 2. The number of benzene rings is 1. The molecular formula is C15H20N2O2S. The van der Waals surface area contributed by atoms with Crippen molar-refractivity contribution >= 4 is 23.7 Å². The lowest BCUT2D eigenvalue weighted by atomic mass is 10.2. The fourth-order valence-corrected chi connectivity index (χ4v) is 2.78. The van der Waals surface area contributed by atoms with E-state index >= 15 is 0 Å². The van der Waals surface area contributed by atoms with Crippen LogP contribution in [0, 0.1) is 13.8 Å². The Bertz CT molecular complexity index is 527. The maximum Gasteiger partial charge on any atom is 0.321 e. The molecule has 1 aromatic rings. The predicted octanol–water partition coefficient (Wildman–Crippen LogP) is 2.77. The van der Waals surface area contributed by atoms with Crippen molar-refractivity contribution in [2.45, 2.75) is 49.8 Å². The average molecular weight is 292 g/mol. The highest BCUT2D eigenvalue weighted by molar-refractivity contribution is 8.00. The molecule has 1 atom stereocenters. The molecule has 1 saturated carbocycles. The van der Waals surface area contributed by atoms with E-state index in [1.165, 1.54) is 17.3 Å². The molecule has 0 heterocycles. The zero-order valence-electron chi connectivity index (χ0n) is 12.0. The smallest absolute Gasteiger partial charge is 0.321 e. The second-order valence-electron chi connectivity index (χ2n) is 5.27. The molecule has 4 nitrogen and oxygen atoms in total.